The Balaban J connectivity index is 2.86. The van der Waals surface area contributed by atoms with E-state index in [1.165, 1.54) is 0 Å². The summed E-state index contributed by atoms with van der Waals surface area (Å²) in [6.45, 7) is 2.59. The molecule has 0 spiro atoms. The molecule has 0 saturated carbocycles. The van der Waals surface area contributed by atoms with Crippen LogP contribution in [0.3, 0.4) is 0 Å². The molecule has 0 aliphatic rings. The number of rotatable bonds is 2. The lowest BCUT2D eigenvalue weighted by Gasteiger charge is -2.04. The zero-order valence-electron chi connectivity index (χ0n) is 6.37. The van der Waals surface area contributed by atoms with Gasteiger partial charge in [0.1, 0.15) is 5.75 Å². The van der Waals surface area contributed by atoms with Gasteiger partial charge in [-0.05, 0) is 19.1 Å². The topological polar surface area (TPSA) is 35.2 Å². The van der Waals surface area contributed by atoms with E-state index in [9.17, 15) is 0 Å². The Morgan fingerprint density at radius 1 is 1.55 bits per heavy atom. The molecule has 1 aromatic rings. The van der Waals surface area contributed by atoms with Crippen molar-refractivity contribution in [1.29, 1.82) is 0 Å². The van der Waals surface area contributed by atoms with Gasteiger partial charge in [-0.3, -0.25) is 0 Å². The standard InChI is InChI=1S/C8H11NOS/c1-2-10-6-3-4-8(11)7(9)5-6/h3-5,11H,2,9H2,1H3. The monoisotopic (exact) mass is 169 g/mol. The van der Waals surface area contributed by atoms with Crippen LogP contribution >= 0.6 is 12.6 Å². The van der Waals surface area contributed by atoms with Gasteiger partial charge in [-0.1, -0.05) is 0 Å². The lowest BCUT2D eigenvalue weighted by atomic mass is 10.3. The van der Waals surface area contributed by atoms with Crippen molar-refractivity contribution in [1.82, 2.24) is 0 Å². The van der Waals surface area contributed by atoms with E-state index in [0.717, 1.165) is 10.6 Å². The molecule has 60 valence electrons. The van der Waals surface area contributed by atoms with Gasteiger partial charge in [0, 0.05) is 16.6 Å². The van der Waals surface area contributed by atoms with Crippen LogP contribution < -0.4 is 10.5 Å². The Hall–Kier alpha value is -0.830. The molecule has 1 aromatic carbocycles. The predicted molar refractivity (Wildman–Crippen MR) is 49.3 cm³/mol. The highest BCUT2D eigenvalue weighted by Crippen LogP contribution is 2.22. The molecule has 0 heterocycles. The zero-order valence-corrected chi connectivity index (χ0v) is 7.27. The summed E-state index contributed by atoms with van der Waals surface area (Å²) >= 11 is 4.13. The van der Waals surface area contributed by atoms with E-state index >= 15 is 0 Å². The van der Waals surface area contributed by atoms with E-state index in [1.54, 1.807) is 6.07 Å². The van der Waals surface area contributed by atoms with Crippen LogP contribution in [0, 0.1) is 0 Å². The van der Waals surface area contributed by atoms with E-state index in [2.05, 4.69) is 12.6 Å². The van der Waals surface area contributed by atoms with Crippen molar-refractivity contribution in [2.45, 2.75) is 11.8 Å². The first kappa shape index (κ1) is 8.27. The third-order valence-electron chi connectivity index (χ3n) is 1.31. The van der Waals surface area contributed by atoms with Crippen LogP contribution in [-0.4, -0.2) is 6.61 Å². The van der Waals surface area contributed by atoms with E-state index in [0.29, 0.717) is 12.3 Å². The number of anilines is 1. The van der Waals surface area contributed by atoms with Gasteiger partial charge in [-0.15, -0.1) is 12.6 Å². The van der Waals surface area contributed by atoms with Crippen molar-refractivity contribution in [3.63, 3.8) is 0 Å². The average molecular weight is 169 g/mol. The lowest BCUT2D eigenvalue weighted by molar-refractivity contribution is 0.340. The van der Waals surface area contributed by atoms with Crippen molar-refractivity contribution < 1.29 is 4.74 Å². The normalized spacial score (nSPS) is 9.64. The molecule has 0 fully saturated rings. The molecular formula is C8H11NOS. The summed E-state index contributed by atoms with van der Waals surface area (Å²) in [5.41, 5.74) is 6.25. The first-order valence-electron chi connectivity index (χ1n) is 3.45. The summed E-state index contributed by atoms with van der Waals surface area (Å²) < 4.78 is 5.23. The van der Waals surface area contributed by atoms with Gasteiger partial charge >= 0.3 is 0 Å². The third-order valence-corrected chi connectivity index (χ3v) is 1.72. The van der Waals surface area contributed by atoms with Gasteiger partial charge in [0.05, 0.1) is 6.61 Å². The molecule has 2 N–H and O–H groups in total. The molecule has 3 heteroatoms. The second-order valence-corrected chi connectivity index (χ2v) is 2.64. The van der Waals surface area contributed by atoms with Gasteiger partial charge in [0.2, 0.25) is 0 Å². The van der Waals surface area contributed by atoms with Crippen LogP contribution in [0.1, 0.15) is 6.92 Å². The molecular weight excluding hydrogens is 158 g/mol. The highest BCUT2D eigenvalue weighted by atomic mass is 32.1. The molecule has 0 aliphatic carbocycles. The first-order chi connectivity index (χ1) is 5.24. The molecule has 0 aromatic heterocycles. The van der Waals surface area contributed by atoms with Gasteiger partial charge in [-0.2, -0.15) is 0 Å². The SMILES string of the molecule is CCOc1ccc(S)c(N)c1. The minimum absolute atomic E-state index is 0.652. The minimum atomic E-state index is 0.652. The Labute approximate surface area is 71.8 Å². The second-order valence-electron chi connectivity index (χ2n) is 2.15. The molecule has 0 radical (unpaired) electrons. The van der Waals surface area contributed by atoms with Gasteiger partial charge in [0.25, 0.3) is 0 Å². The van der Waals surface area contributed by atoms with Crippen molar-refractivity contribution in [3.8, 4) is 5.75 Å². The van der Waals surface area contributed by atoms with Gasteiger partial charge in [0.15, 0.2) is 0 Å². The highest BCUT2D eigenvalue weighted by Gasteiger charge is 1.95. The Morgan fingerprint density at radius 2 is 2.27 bits per heavy atom. The molecule has 0 aliphatic heterocycles. The minimum Gasteiger partial charge on any atom is -0.494 e. The van der Waals surface area contributed by atoms with E-state index in [4.69, 9.17) is 10.5 Å². The van der Waals surface area contributed by atoms with Gasteiger partial charge < -0.3 is 10.5 Å². The number of hydrogen-bond donors (Lipinski definition) is 2. The Kier molecular flexibility index (Phi) is 2.65. The Morgan fingerprint density at radius 3 is 2.82 bits per heavy atom. The molecule has 2 nitrogen and oxygen atoms in total. The number of ether oxygens (including phenoxy) is 1. The summed E-state index contributed by atoms with van der Waals surface area (Å²) in [5.74, 6) is 0.794. The van der Waals surface area contributed by atoms with Crippen LogP contribution in [0.4, 0.5) is 5.69 Å². The van der Waals surface area contributed by atoms with E-state index in [1.807, 2.05) is 19.1 Å². The Bertz CT molecular complexity index is 250. The lowest BCUT2D eigenvalue weighted by Crippen LogP contribution is -1.93. The maximum atomic E-state index is 5.59. The number of nitrogen functional groups attached to an aromatic ring is 1. The molecule has 11 heavy (non-hydrogen) atoms. The van der Waals surface area contributed by atoms with E-state index < -0.39 is 0 Å². The fourth-order valence-corrected chi connectivity index (χ4v) is 0.928. The summed E-state index contributed by atoms with van der Waals surface area (Å²) in [4.78, 5) is 0.786. The number of hydrogen-bond acceptors (Lipinski definition) is 3. The fourth-order valence-electron chi connectivity index (χ4n) is 0.789. The molecule has 0 unspecified atom stereocenters. The molecule has 1 rings (SSSR count). The number of thiol groups is 1. The average Bonchev–Trinajstić information content (AvgIpc) is 1.98. The fraction of sp³-hybridized carbons (Fsp3) is 0.250. The van der Waals surface area contributed by atoms with Crippen LogP contribution in [0.15, 0.2) is 23.1 Å². The largest absolute Gasteiger partial charge is 0.494 e. The zero-order chi connectivity index (χ0) is 8.27. The number of nitrogens with two attached hydrogens (primary N) is 1. The van der Waals surface area contributed by atoms with E-state index in [-0.39, 0.29) is 0 Å². The predicted octanol–water partition coefficient (Wildman–Crippen LogP) is 1.96. The number of benzene rings is 1. The van der Waals surface area contributed by atoms with Crippen molar-refractivity contribution in [3.05, 3.63) is 18.2 Å². The molecule has 0 saturated heterocycles. The van der Waals surface area contributed by atoms with Gasteiger partial charge in [-0.25, -0.2) is 0 Å². The first-order valence-corrected chi connectivity index (χ1v) is 3.90. The van der Waals surface area contributed by atoms with Crippen molar-refractivity contribution in [2.24, 2.45) is 0 Å². The van der Waals surface area contributed by atoms with Crippen LogP contribution in [-0.2, 0) is 0 Å². The summed E-state index contributed by atoms with van der Waals surface area (Å²) in [7, 11) is 0. The maximum Gasteiger partial charge on any atom is 0.121 e. The highest BCUT2D eigenvalue weighted by molar-refractivity contribution is 7.80. The summed E-state index contributed by atoms with van der Waals surface area (Å²) in [6, 6.07) is 5.44. The van der Waals surface area contributed by atoms with Crippen molar-refractivity contribution >= 4 is 18.3 Å². The van der Waals surface area contributed by atoms with Crippen LogP contribution in [0.25, 0.3) is 0 Å². The maximum absolute atomic E-state index is 5.59. The molecule has 0 amide bonds. The summed E-state index contributed by atoms with van der Waals surface area (Å²) in [5, 5.41) is 0. The van der Waals surface area contributed by atoms with Crippen LogP contribution in [0.5, 0.6) is 5.75 Å². The summed E-state index contributed by atoms with van der Waals surface area (Å²) in [6.07, 6.45) is 0. The second kappa shape index (κ2) is 3.53. The van der Waals surface area contributed by atoms with Crippen molar-refractivity contribution in [2.75, 3.05) is 12.3 Å². The molecule has 0 atom stereocenters. The third kappa shape index (κ3) is 2.05. The molecule has 0 bridgehead atoms. The smallest absolute Gasteiger partial charge is 0.121 e. The quantitative estimate of drug-likeness (QED) is 0.524. The van der Waals surface area contributed by atoms with Crippen LogP contribution in [0.2, 0.25) is 0 Å².